The van der Waals surface area contributed by atoms with E-state index in [4.69, 9.17) is 0 Å². The van der Waals surface area contributed by atoms with Crippen molar-refractivity contribution in [2.45, 2.75) is 57.5 Å². The third-order valence-corrected chi connectivity index (χ3v) is 5.86. The number of carbonyl (C=O) groups excluding carboxylic acids is 2. The van der Waals surface area contributed by atoms with Gasteiger partial charge >= 0.3 is 0 Å². The minimum atomic E-state index is -1.39. The monoisotopic (exact) mass is 279 g/mol. The highest BCUT2D eigenvalue weighted by molar-refractivity contribution is 6.01. The van der Waals surface area contributed by atoms with Crippen LogP contribution in [0.3, 0.4) is 0 Å². The Morgan fingerprint density at radius 2 is 1.80 bits per heavy atom. The molecule has 0 radical (unpaired) electrons. The van der Waals surface area contributed by atoms with Crippen LogP contribution in [0.15, 0.2) is 0 Å². The molecule has 0 bridgehead atoms. The molecule has 4 atom stereocenters. The second-order valence-corrected chi connectivity index (χ2v) is 7.08. The zero-order valence-corrected chi connectivity index (χ0v) is 12.3. The molecule has 0 aromatic heterocycles. The lowest BCUT2D eigenvalue weighted by atomic mass is 9.56. The lowest BCUT2D eigenvalue weighted by Crippen LogP contribution is -2.57. The lowest BCUT2D eigenvalue weighted by molar-refractivity contribution is -0.165. The Morgan fingerprint density at radius 1 is 1.10 bits per heavy atom. The highest BCUT2D eigenvalue weighted by Crippen LogP contribution is 2.59. The fraction of sp³-hybridized carbons (Fsp3) is 0.875. The smallest absolute Gasteiger partial charge is 0.165 e. The van der Waals surface area contributed by atoms with Crippen LogP contribution in [0.4, 0.5) is 0 Å². The van der Waals surface area contributed by atoms with Crippen molar-refractivity contribution >= 4 is 11.6 Å². The number of carbonyl (C=O) groups is 2. The fourth-order valence-electron chi connectivity index (χ4n) is 4.96. The molecule has 0 amide bonds. The Hall–Kier alpha value is -0.740. The molecule has 4 heteroatoms. The molecule has 1 aliphatic heterocycles. The quantitative estimate of drug-likeness (QED) is 0.704. The van der Waals surface area contributed by atoms with Crippen molar-refractivity contribution in [1.29, 1.82) is 0 Å². The molecule has 4 nitrogen and oxygen atoms in total. The maximum absolute atomic E-state index is 12.8. The minimum absolute atomic E-state index is 0.0642. The number of aliphatic hydroxyl groups is 1. The van der Waals surface area contributed by atoms with Gasteiger partial charge < -0.3 is 10.4 Å². The zero-order valence-electron chi connectivity index (χ0n) is 12.3. The van der Waals surface area contributed by atoms with Crippen molar-refractivity contribution in [3.8, 4) is 0 Å². The Morgan fingerprint density at radius 3 is 2.55 bits per heavy atom. The van der Waals surface area contributed by atoms with Crippen molar-refractivity contribution in [3.05, 3.63) is 0 Å². The summed E-state index contributed by atoms with van der Waals surface area (Å²) in [5.41, 5.74) is -2.16. The van der Waals surface area contributed by atoms with Crippen LogP contribution < -0.4 is 5.32 Å². The highest BCUT2D eigenvalue weighted by atomic mass is 16.3. The Bertz CT molecular complexity index is 435. The van der Waals surface area contributed by atoms with Crippen LogP contribution in [0.2, 0.25) is 0 Å². The number of ketones is 2. The van der Waals surface area contributed by atoms with E-state index in [-0.39, 0.29) is 17.5 Å². The van der Waals surface area contributed by atoms with E-state index in [9.17, 15) is 14.7 Å². The normalized spacial score (nSPS) is 46.1. The van der Waals surface area contributed by atoms with Crippen LogP contribution in [0, 0.1) is 17.3 Å². The first-order chi connectivity index (χ1) is 9.50. The molecular formula is C16H25NO3. The number of hydrogen-bond acceptors (Lipinski definition) is 4. The summed E-state index contributed by atoms with van der Waals surface area (Å²) in [6, 6.07) is 0. The lowest BCUT2D eigenvalue weighted by Gasteiger charge is -2.47. The van der Waals surface area contributed by atoms with Crippen molar-refractivity contribution in [3.63, 3.8) is 0 Å². The van der Waals surface area contributed by atoms with Gasteiger partial charge in [0.2, 0.25) is 0 Å². The molecule has 2 saturated carbocycles. The molecule has 1 spiro atoms. The summed E-state index contributed by atoms with van der Waals surface area (Å²) in [6.45, 7) is 3.78. The van der Waals surface area contributed by atoms with Gasteiger partial charge in [0.1, 0.15) is 11.4 Å². The summed E-state index contributed by atoms with van der Waals surface area (Å²) in [6.07, 6.45) is 4.58. The molecule has 2 aliphatic carbocycles. The molecule has 0 aromatic rings. The molecule has 2 N–H and O–H groups in total. The van der Waals surface area contributed by atoms with Gasteiger partial charge in [-0.25, -0.2) is 0 Å². The van der Waals surface area contributed by atoms with Crippen LogP contribution >= 0.6 is 0 Å². The topological polar surface area (TPSA) is 66.4 Å². The Kier molecular flexibility index (Phi) is 3.49. The Labute approximate surface area is 120 Å². The van der Waals surface area contributed by atoms with E-state index in [1.54, 1.807) is 0 Å². The van der Waals surface area contributed by atoms with Crippen molar-refractivity contribution in [2.24, 2.45) is 17.3 Å². The minimum Gasteiger partial charge on any atom is -0.381 e. The second-order valence-electron chi connectivity index (χ2n) is 7.08. The predicted octanol–water partition coefficient (Wildman–Crippen LogP) is 1.46. The van der Waals surface area contributed by atoms with Gasteiger partial charge in [-0.05, 0) is 57.0 Å². The Balaban J connectivity index is 2.05. The molecule has 3 fully saturated rings. The standard InChI is InChI=1S/C16H25NO3/c1-11-8-12-10-14(19)16(20)5-3-7-17-6-2-4-15(12,16)13(18)9-11/h11-12,17,20H,2-10H2,1H3. The van der Waals surface area contributed by atoms with E-state index in [0.717, 1.165) is 32.4 Å². The summed E-state index contributed by atoms with van der Waals surface area (Å²) < 4.78 is 0. The van der Waals surface area contributed by atoms with Gasteiger partial charge in [-0.3, -0.25) is 9.59 Å². The van der Waals surface area contributed by atoms with E-state index in [2.05, 4.69) is 12.2 Å². The number of nitrogens with one attached hydrogen (secondary N) is 1. The molecule has 3 rings (SSSR count). The molecule has 1 saturated heterocycles. The molecule has 3 aliphatic rings. The van der Waals surface area contributed by atoms with Gasteiger partial charge in [-0.2, -0.15) is 0 Å². The van der Waals surface area contributed by atoms with Gasteiger partial charge in [0, 0.05) is 12.8 Å². The third-order valence-electron chi connectivity index (χ3n) is 5.86. The van der Waals surface area contributed by atoms with E-state index >= 15 is 0 Å². The van der Waals surface area contributed by atoms with Crippen LogP contribution in [0.25, 0.3) is 0 Å². The number of rotatable bonds is 0. The van der Waals surface area contributed by atoms with Crippen molar-refractivity contribution < 1.29 is 14.7 Å². The largest absolute Gasteiger partial charge is 0.381 e. The summed E-state index contributed by atoms with van der Waals surface area (Å²) in [7, 11) is 0. The average molecular weight is 279 g/mol. The van der Waals surface area contributed by atoms with E-state index in [0.29, 0.717) is 31.6 Å². The van der Waals surface area contributed by atoms with E-state index < -0.39 is 11.0 Å². The fourth-order valence-corrected chi connectivity index (χ4v) is 4.96. The first kappa shape index (κ1) is 14.2. The first-order valence-electron chi connectivity index (χ1n) is 8.00. The molecule has 4 unspecified atom stereocenters. The molecule has 1 heterocycles. The maximum atomic E-state index is 12.8. The van der Waals surface area contributed by atoms with Crippen LogP contribution in [0.1, 0.15) is 51.9 Å². The first-order valence-corrected chi connectivity index (χ1v) is 8.00. The molecule has 112 valence electrons. The van der Waals surface area contributed by atoms with Gasteiger partial charge in [0.15, 0.2) is 5.78 Å². The molecular weight excluding hydrogens is 254 g/mol. The number of hydrogen-bond donors (Lipinski definition) is 2. The maximum Gasteiger partial charge on any atom is 0.165 e. The SMILES string of the molecule is CC1CC(=O)C23CCCNCCCC2(O)C(=O)CC3C1. The molecule has 20 heavy (non-hydrogen) atoms. The third kappa shape index (κ3) is 1.81. The van der Waals surface area contributed by atoms with E-state index in [1.165, 1.54) is 0 Å². The summed E-state index contributed by atoms with van der Waals surface area (Å²) in [5.74, 6) is 0.483. The van der Waals surface area contributed by atoms with Crippen LogP contribution in [0.5, 0.6) is 0 Å². The number of Topliss-reactive ketones (excluding diaryl/α,β-unsaturated/α-hetero) is 2. The van der Waals surface area contributed by atoms with Gasteiger partial charge in [-0.15, -0.1) is 0 Å². The van der Waals surface area contributed by atoms with Gasteiger partial charge in [-0.1, -0.05) is 6.92 Å². The molecule has 0 aromatic carbocycles. The zero-order chi connectivity index (χ0) is 14.4. The summed E-state index contributed by atoms with van der Waals surface area (Å²) in [5, 5.41) is 14.5. The average Bonchev–Trinajstić information content (AvgIpc) is 2.63. The summed E-state index contributed by atoms with van der Waals surface area (Å²) >= 11 is 0. The second kappa shape index (κ2) is 4.92. The van der Waals surface area contributed by atoms with Crippen LogP contribution in [-0.2, 0) is 9.59 Å². The predicted molar refractivity (Wildman–Crippen MR) is 75.2 cm³/mol. The van der Waals surface area contributed by atoms with Crippen molar-refractivity contribution in [2.75, 3.05) is 13.1 Å². The van der Waals surface area contributed by atoms with Crippen molar-refractivity contribution in [1.82, 2.24) is 5.32 Å². The van der Waals surface area contributed by atoms with E-state index in [1.807, 2.05) is 0 Å². The van der Waals surface area contributed by atoms with Crippen LogP contribution in [-0.4, -0.2) is 35.4 Å². The van der Waals surface area contributed by atoms with Gasteiger partial charge in [0.05, 0.1) is 5.41 Å². The highest BCUT2D eigenvalue weighted by Gasteiger charge is 2.68. The summed E-state index contributed by atoms with van der Waals surface area (Å²) in [4.78, 5) is 25.3. The van der Waals surface area contributed by atoms with Gasteiger partial charge in [0.25, 0.3) is 0 Å².